The SMILES string of the molecule is CCc1c(O)c(=O)ccn1CCCCN(C)C. The van der Waals surface area contributed by atoms with Crippen molar-refractivity contribution in [3.05, 3.63) is 28.2 Å². The highest BCUT2D eigenvalue weighted by Crippen LogP contribution is 2.12. The summed E-state index contributed by atoms with van der Waals surface area (Å²) >= 11 is 0. The van der Waals surface area contributed by atoms with Crippen LogP contribution in [0.15, 0.2) is 17.1 Å². The summed E-state index contributed by atoms with van der Waals surface area (Å²) in [4.78, 5) is 13.5. The van der Waals surface area contributed by atoms with Crippen LogP contribution in [0.2, 0.25) is 0 Å². The lowest BCUT2D eigenvalue weighted by atomic mass is 10.2. The fourth-order valence-electron chi connectivity index (χ4n) is 1.90. The van der Waals surface area contributed by atoms with Gasteiger partial charge in [0.1, 0.15) is 0 Å². The Morgan fingerprint density at radius 2 is 2.06 bits per heavy atom. The molecule has 0 amide bonds. The van der Waals surface area contributed by atoms with Crippen LogP contribution in [0.1, 0.15) is 25.5 Å². The normalized spacial score (nSPS) is 11.1. The van der Waals surface area contributed by atoms with Crippen molar-refractivity contribution in [2.75, 3.05) is 20.6 Å². The molecule has 1 heterocycles. The van der Waals surface area contributed by atoms with E-state index < -0.39 is 0 Å². The predicted octanol–water partition coefficient (Wildman–Crippen LogP) is 1.46. The molecule has 1 rings (SSSR count). The first kappa shape index (κ1) is 13.8. The van der Waals surface area contributed by atoms with Crippen molar-refractivity contribution in [1.82, 2.24) is 9.47 Å². The van der Waals surface area contributed by atoms with E-state index in [4.69, 9.17) is 0 Å². The Hall–Kier alpha value is -1.29. The topological polar surface area (TPSA) is 45.5 Å². The second-order valence-corrected chi connectivity index (χ2v) is 4.53. The first-order valence-electron chi connectivity index (χ1n) is 6.12. The van der Waals surface area contributed by atoms with Crippen LogP contribution < -0.4 is 5.43 Å². The molecule has 0 saturated carbocycles. The van der Waals surface area contributed by atoms with Gasteiger partial charge < -0.3 is 14.6 Å². The van der Waals surface area contributed by atoms with Crippen molar-refractivity contribution in [1.29, 1.82) is 0 Å². The number of nitrogens with zero attached hydrogens (tertiary/aromatic N) is 2. The van der Waals surface area contributed by atoms with E-state index >= 15 is 0 Å². The van der Waals surface area contributed by atoms with Gasteiger partial charge in [0.15, 0.2) is 5.75 Å². The molecular formula is C13H22N2O2. The van der Waals surface area contributed by atoms with E-state index in [9.17, 15) is 9.90 Å². The summed E-state index contributed by atoms with van der Waals surface area (Å²) in [6.45, 7) is 3.86. The molecule has 0 atom stereocenters. The van der Waals surface area contributed by atoms with Gasteiger partial charge >= 0.3 is 0 Å². The maximum atomic E-state index is 11.3. The Balaban J connectivity index is 2.65. The molecule has 1 aromatic heterocycles. The van der Waals surface area contributed by atoms with Crippen molar-refractivity contribution in [2.24, 2.45) is 0 Å². The van der Waals surface area contributed by atoms with E-state index in [1.807, 2.05) is 11.5 Å². The summed E-state index contributed by atoms with van der Waals surface area (Å²) in [7, 11) is 4.12. The first-order chi connectivity index (χ1) is 8.06. The summed E-state index contributed by atoms with van der Waals surface area (Å²) in [6, 6.07) is 1.43. The number of hydrogen-bond acceptors (Lipinski definition) is 3. The zero-order valence-electron chi connectivity index (χ0n) is 10.9. The lowest BCUT2D eigenvalue weighted by molar-refractivity contribution is 0.385. The van der Waals surface area contributed by atoms with Crippen molar-refractivity contribution < 1.29 is 5.11 Å². The standard InChI is InChI=1S/C13H22N2O2/c1-4-11-13(17)12(16)7-10-15(11)9-6-5-8-14(2)3/h7,10,17H,4-6,8-9H2,1-3H3. The highest BCUT2D eigenvalue weighted by Gasteiger charge is 2.07. The fourth-order valence-corrected chi connectivity index (χ4v) is 1.90. The van der Waals surface area contributed by atoms with E-state index in [2.05, 4.69) is 19.0 Å². The maximum absolute atomic E-state index is 11.3. The van der Waals surface area contributed by atoms with Crippen LogP contribution in [0.4, 0.5) is 0 Å². The number of rotatable bonds is 6. The van der Waals surface area contributed by atoms with Gasteiger partial charge in [0, 0.05) is 18.8 Å². The van der Waals surface area contributed by atoms with Gasteiger partial charge in [-0.1, -0.05) is 6.92 Å². The van der Waals surface area contributed by atoms with E-state index in [1.165, 1.54) is 6.07 Å². The van der Waals surface area contributed by atoms with Crippen LogP contribution in [0, 0.1) is 0 Å². The minimum absolute atomic E-state index is 0.0948. The van der Waals surface area contributed by atoms with Crippen molar-refractivity contribution >= 4 is 0 Å². The summed E-state index contributed by atoms with van der Waals surface area (Å²) < 4.78 is 1.98. The Kier molecular flexibility index (Phi) is 5.22. The van der Waals surface area contributed by atoms with Crippen molar-refractivity contribution in [3.63, 3.8) is 0 Å². The molecule has 0 bridgehead atoms. The van der Waals surface area contributed by atoms with E-state index in [0.29, 0.717) is 6.42 Å². The monoisotopic (exact) mass is 238 g/mol. The maximum Gasteiger partial charge on any atom is 0.223 e. The minimum Gasteiger partial charge on any atom is -0.503 e. The molecule has 0 saturated heterocycles. The van der Waals surface area contributed by atoms with Gasteiger partial charge in [-0.2, -0.15) is 0 Å². The van der Waals surface area contributed by atoms with Crippen molar-refractivity contribution in [2.45, 2.75) is 32.7 Å². The Morgan fingerprint density at radius 1 is 1.35 bits per heavy atom. The van der Waals surface area contributed by atoms with Crippen LogP contribution in [0.25, 0.3) is 0 Å². The molecular weight excluding hydrogens is 216 g/mol. The van der Waals surface area contributed by atoms with Crippen LogP contribution in [-0.4, -0.2) is 35.2 Å². The van der Waals surface area contributed by atoms with Gasteiger partial charge in [0.05, 0.1) is 5.69 Å². The number of aromatic hydroxyl groups is 1. The average Bonchev–Trinajstić information content (AvgIpc) is 2.29. The van der Waals surface area contributed by atoms with Crippen LogP contribution in [-0.2, 0) is 13.0 Å². The molecule has 1 aromatic rings. The van der Waals surface area contributed by atoms with Crippen LogP contribution in [0.3, 0.4) is 0 Å². The van der Waals surface area contributed by atoms with Gasteiger partial charge in [-0.3, -0.25) is 4.79 Å². The van der Waals surface area contributed by atoms with Crippen LogP contribution >= 0.6 is 0 Å². The third-order valence-corrected chi connectivity index (χ3v) is 2.85. The van der Waals surface area contributed by atoms with Gasteiger partial charge in [-0.15, -0.1) is 0 Å². The zero-order valence-corrected chi connectivity index (χ0v) is 10.9. The van der Waals surface area contributed by atoms with Gasteiger partial charge in [0.2, 0.25) is 5.43 Å². The average molecular weight is 238 g/mol. The minimum atomic E-state index is -0.286. The second-order valence-electron chi connectivity index (χ2n) is 4.53. The molecule has 0 unspecified atom stereocenters. The molecule has 0 radical (unpaired) electrons. The molecule has 96 valence electrons. The largest absolute Gasteiger partial charge is 0.503 e. The highest BCUT2D eigenvalue weighted by atomic mass is 16.3. The molecule has 0 aliphatic rings. The number of aryl methyl sites for hydroxylation is 1. The Bertz CT molecular complexity index is 410. The Labute approximate surface area is 102 Å². The summed E-state index contributed by atoms with van der Waals surface area (Å²) in [5.41, 5.74) is 0.453. The molecule has 0 aromatic carbocycles. The van der Waals surface area contributed by atoms with E-state index in [0.717, 1.165) is 31.6 Å². The lowest BCUT2D eigenvalue weighted by Crippen LogP contribution is -2.15. The van der Waals surface area contributed by atoms with Gasteiger partial charge in [-0.05, 0) is 39.9 Å². The number of pyridine rings is 1. The predicted molar refractivity (Wildman–Crippen MR) is 69.5 cm³/mol. The summed E-state index contributed by atoms with van der Waals surface area (Å²) in [6.07, 6.45) is 4.61. The molecule has 4 nitrogen and oxygen atoms in total. The van der Waals surface area contributed by atoms with Gasteiger partial charge in [0.25, 0.3) is 0 Å². The summed E-state index contributed by atoms with van der Waals surface area (Å²) in [5.74, 6) is -0.0948. The highest BCUT2D eigenvalue weighted by molar-refractivity contribution is 5.26. The second kappa shape index (κ2) is 6.45. The number of aromatic nitrogens is 1. The smallest absolute Gasteiger partial charge is 0.223 e. The van der Waals surface area contributed by atoms with E-state index in [-0.39, 0.29) is 11.2 Å². The van der Waals surface area contributed by atoms with Gasteiger partial charge in [-0.25, -0.2) is 0 Å². The zero-order chi connectivity index (χ0) is 12.8. The van der Waals surface area contributed by atoms with Crippen LogP contribution in [0.5, 0.6) is 5.75 Å². The third kappa shape index (κ3) is 3.89. The number of unbranched alkanes of at least 4 members (excludes halogenated alkanes) is 1. The van der Waals surface area contributed by atoms with E-state index in [1.54, 1.807) is 6.20 Å². The Morgan fingerprint density at radius 3 is 2.65 bits per heavy atom. The summed E-state index contributed by atoms with van der Waals surface area (Å²) in [5, 5.41) is 9.68. The molecule has 0 aliphatic carbocycles. The molecule has 17 heavy (non-hydrogen) atoms. The molecule has 4 heteroatoms. The fraction of sp³-hybridized carbons (Fsp3) is 0.615. The molecule has 0 fully saturated rings. The lowest BCUT2D eigenvalue weighted by Gasteiger charge is -2.14. The number of hydrogen-bond donors (Lipinski definition) is 1. The quantitative estimate of drug-likeness (QED) is 0.763. The molecule has 0 spiro atoms. The molecule has 0 aliphatic heterocycles. The third-order valence-electron chi connectivity index (χ3n) is 2.85. The molecule has 1 N–H and O–H groups in total. The van der Waals surface area contributed by atoms with Crippen molar-refractivity contribution in [3.8, 4) is 5.75 Å². The first-order valence-corrected chi connectivity index (χ1v) is 6.12.